The number of aryl methyl sites for hydroxylation is 1. The Bertz CT molecular complexity index is 1370. The maximum Gasteiger partial charge on any atom is 0.155 e. The van der Waals surface area contributed by atoms with Gasteiger partial charge in [0.05, 0.1) is 36.7 Å². The standard InChI is InChI=1S/C27H24N2O2/c1-4-21-24(18-12-7-5-8-13-18)28-27-20-16-11-17-22(30-2)23(20)26(31-3)25(29(21)27)19-14-9-6-10-15-19/h5-17H,4H2,1-3H3. The maximum absolute atomic E-state index is 6.05. The lowest BCUT2D eigenvalue weighted by Crippen LogP contribution is -2.03. The highest BCUT2D eigenvalue weighted by Crippen LogP contribution is 2.44. The molecule has 3 aromatic carbocycles. The van der Waals surface area contributed by atoms with Crippen LogP contribution in [0.15, 0.2) is 78.9 Å². The molecule has 0 unspecified atom stereocenters. The van der Waals surface area contributed by atoms with Gasteiger partial charge in [-0.25, -0.2) is 4.98 Å². The van der Waals surface area contributed by atoms with Crippen molar-refractivity contribution in [2.75, 3.05) is 14.2 Å². The van der Waals surface area contributed by atoms with Crippen molar-refractivity contribution in [3.63, 3.8) is 0 Å². The number of ether oxygens (including phenoxy) is 2. The molecule has 0 N–H and O–H groups in total. The molecule has 5 rings (SSSR count). The summed E-state index contributed by atoms with van der Waals surface area (Å²) in [6.07, 6.45) is 0.837. The molecule has 0 aliphatic carbocycles. The summed E-state index contributed by atoms with van der Waals surface area (Å²) in [5.41, 5.74) is 6.23. The summed E-state index contributed by atoms with van der Waals surface area (Å²) in [6, 6.07) is 26.8. The summed E-state index contributed by atoms with van der Waals surface area (Å²) in [6.45, 7) is 2.17. The van der Waals surface area contributed by atoms with Crippen LogP contribution in [0, 0.1) is 0 Å². The smallest absolute Gasteiger partial charge is 0.155 e. The van der Waals surface area contributed by atoms with Crippen LogP contribution in [0.4, 0.5) is 0 Å². The normalized spacial score (nSPS) is 11.2. The second-order valence-corrected chi connectivity index (χ2v) is 7.42. The highest BCUT2D eigenvalue weighted by atomic mass is 16.5. The van der Waals surface area contributed by atoms with Crippen molar-refractivity contribution < 1.29 is 9.47 Å². The molecule has 0 amide bonds. The van der Waals surface area contributed by atoms with Gasteiger partial charge in [0.25, 0.3) is 0 Å². The molecular formula is C27H24N2O2. The Morgan fingerprint density at radius 2 is 1.45 bits per heavy atom. The first-order chi connectivity index (χ1) is 15.3. The first-order valence-electron chi connectivity index (χ1n) is 10.5. The first kappa shape index (κ1) is 19.2. The molecule has 0 saturated heterocycles. The molecule has 4 nitrogen and oxygen atoms in total. The Labute approximate surface area is 181 Å². The topological polar surface area (TPSA) is 35.8 Å². The molecule has 0 spiro atoms. The molecule has 154 valence electrons. The van der Waals surface area contributed by atoms with E-state index in [2.05, 4.69) is 53.8 Å². The number of aromatic nitrogens is 2. The zero-order valence-corrected chi connectivity index (χ0v) is 17.9. The second-order valence-electron chi connectivity index (χ2n) is 7.42. The van der Waals surface area contributed by atoms with E-state index in [1.165, 1.54) is 0 Å². The van der Waals surface area contributed by atoms with Crippen molar-refractivity contribution in [2.45, 2.75) is 13.3 Å². The largest absolute Gasteiger partial charge is 0.496 e. The monoisotopic (exact) mass is 408 g/mol. The predicted octanol–water partition coefficient (Wildman–Crippen LogP) is 6.40. The van der Waals surface area contributed by atoms with Gasteiger partial charge in [-0.3, -0.25) is 4.40 Å². The van der Waals surface area contributed by atoms with Crippen LogP contribution in [0.25, 0.3) is 38.9 Å². The molecule has 2 heterocycles. The van der Waals surface area contributed by atoms with E-state index >= 15 is 0 Å². The van der Waals surface area contributed by atoms with Crippen LogP contribution in [-0.4, -0.2) is 23.6 Å². The van der Waals surface area contributed by atoms with Gasteiger partial charge in [-0.15, -0.1) is 0 Å². The molecule has 0 fully saturated rings. The van der Waals surface area contributed by atoms with E-state index in [0.717, 1.165) is 62.5 Å². The van der Waals surface area contributed by atoms with E-state index in [9.17, 15) is 0 Å². The highest BCUT2D eigenvalue weighted by molar-refractivity contribution is 6.06. The molecule has 0 saturated carbocycles. The number of pyridine rings is 1. The van der Waals surface area contributed by atoms with E-state index in [1.54, 1.807) is 14.2 Å². The molecule has 2 aromatic heterocycles. The number of benzene rings is 3. The minimum Gasteiger partial charge on any atom is -0.496 e. The van der Waals surface area contributed by atoms with Crippen molar-refractivity contribution in [3.8, 4) is 34.0 Å². The van der Waals surface area contributed by atoms with Gasteiger partial charge in [0.1, 0.15) is 11.4 Å². The molecule has 0 bridgehead atoms. The van der Waals surface area contributed by atoms with Crippen LogP contribution in [0.3, 0.4) is 0 Å². The molecular weight excluding hydrogens is 384 g/mol. The summed E-state index contributed by atoms with van der Waals surface area (Å²) in [4.78, 5) is 5.17. The number of fused-ring (bicyclic) bond motifs is 3. The molecule has 4 heteroatoms. The first-order valence-corrected chi connectivity index (χ1v) is 10.5. The maximum atomic E-state index is 6.05. The molecule has 0 atom stereocenters. The molecule has 0 radical (unpaired) electrons. The average molecular weight is 409 g/mol. The average Bonchev–Trinajstić information content (AvgIpc) is 3.23. The minimum atomic E-state index is 0.774. The third-order valence-electron chi connectivity index (χ3n) is 5.76. The van der Waals surface area contributed by atoms with Gasteiger partial charge >= 0.3 is 0 Å². The zero-order chi connectivity index (χ0) is 21.4. The Kier molecular flexibility index (Phi) is 4.83. The van der Waals surface area contributed by atoms with Crippen LogP contribution in [0.5, 0.6) is 11.5 Å². The van der Waals surface area contributed by atoms with Crippen LogP contribution < -0.4 is 9.47 Å². The lowest BCUT2D eigenvalue weighted by molar-refractivity contribution is 0.405. The Balaban J connectivity index is 2.04. The van der Waals surface area contributed by atoms with Gasteiger partial charge in [-0.05, 0) is 12.5 Å². The molecule has 0 aliphatic rings. The number of rotatable bonds is 5. The van der Waals surface area contributed by atoms with Crippen molar-refractivity contribution in [2.24, 2.45) is 0 Å². The number of nitrogens with zero attached hydrogens (tertiary/aromatic N) is 2. The van der Waals surface area contributed by atoms with Crippen LogP contribution in [0.1, 0.15) is 12.6 Å². The fraction of sp³-hybridized carbons (Fsp3) is 0.148. The Morgan fingerprint density at radius 3 is 2.06 bits per heavy atom. The minimum absolute atomic E-state index is 0.774. The number of hydrogen-bond acceptors (Lipinski definition) is 3. The van der Waals surface area contributed by atoms with E-state index in [4.69, 9.17) is 14.5 Å². The van der Waals surface area contributed by atoms with Crippen molar-refractivity contribution in [1.82, 2.24) is 9.38 Å². The number of methoxy groups -OCH3 is 2. The molecule has 5 aromatic rings. The summed E-state index contributed by atoms with van der Waals surface area (Å²) in [5.74, 6) is 1.56. The zero-order valence-electron chi connectivity index (χ0n) is 17.9. The number of hydrogen-bond donors (Lipinski definition) is 0. The second kappa shape index (κ2) is 7.80. The third-order valence-corrected chi connectivity index (χ3v) is 5.76. The van der Waals surface area contributed by atoms with Gasteiger partial charge in [0.2, 0.25) is 0 Å². The van der Waals surface area contributed by atoms with Gasteiger partial charge < -0.3 is 9.47 Å². The SMILES string of the molecule is CCc1c(-c2ccccc2)nc2c3cccc(OC)c3c(OC)c(-c3ccccc3)n12. The van der Waals surface area contributed by atoms with Gasteiger partial charge in [-0.2, -0.15) is 0 Å². The summed E-state index contributed by atoms with van der Waals surface area (Å²) in [5, 5.41) is 1.94. The lowest BCUT2D eigenvalue weighted by atomic mass is 10.0. The van der Waals surface area contributed by atoms with Crippen LogP contribution >= 0.6 is 0 Å². The fourth-order valence-electron chi connectivity index (χ4n) is 4.43. The summed E-state index contributed by atoms with van der Waals surface area (Å²) in [7, 11) is 3.42. The lowest BCUT2D eigenvalue weighted by Gasteiger charge is -2.18. The van der Waals surface area contributed by atoms with Gasteiger partial charge in [-0.1, -0.05) is 79.7 Å². The van der Waals surface area contributed by atoms with E-state index < -0.39 is 0 Å². The van der Waals surface area contributed by atoms with Crippen molar-refractivity contribution >= 4 is 16.4 Å². The van der Waals surface area contributed by atoms with Crippen LogP contribution in [0.2, 0.25) is 0 Å². The van der Waals surface area contributed by atoms with E-state index in [-0.39, 0.29) is 0 Å². The Morgan fingerprint density at radius 1 is 0.774 bits per heavy atom. The third kappa shape index (κ3) is 2.95. The fourth-order valence-corrected chi connectivity index (χ4v) is 4.43. The quantitative estimate of drug-likeness (QED) is 0.337. The predicted molar refractivity (Wildman–Crippen MR) is 126 cm³/mol. The van der Waals surface area contributed by atoms with E-state index in [1.807, 2.05) is 36.4 Å². The van der Waals surface area contributed by atoms with E-state index in [0.29, 0.717) is 0 Å². The van der Waals surface area contributed by atoms with Crippen molar-refractivity contribution in [1.29, 1.82) is 0 Å². The van der Waals surface area contributed by atoms with Crippen molar-refractivity contribution in [3.05, 3.63) is 84.6 Å². The molecule has 31 heavy (non-hydrogen) atoms. The van der Waals surface area contributed by atoms with Gasteiger partial charge in [0, 0.05) is 16.5 Å². The Hall–Kier alpha value is -3.79. The summed E-state index contributed by atoms with van der Waals surface area (Å²) >= 11 is 0. The molecule has 0 aliphatic heterocycles. The number of imidazole rings is 1. The van der Waals surface area contributed by atoms with Crippen LogP contribution in [-0.2, 0) is 6.42 Å². The highest BCUT2D eigenvalue weighted by Gasteiger charge is 2.24. The summed E-state index contributed by atoms with van der Waals surface area (Å²) < 4.78 is 14.1. The van der Waals surface area contributed by atoms with Gasteiger partial charge in [0.15, 0.2) is 5.75 Å².